The normalized spacial score (nSPS) is 20.5. The fourth-order valence-corrected chi connectivity index (χ4v) is 2.56. The van der Waals surface area contributed by atoms with E-state index < -0.39 is 0 Å². The van der Waals surface area contributed by atoms with Crippen molar-refractivity contribution in [3.63, 3.8) is 0 Å². The van der Waals surface area contributed by atoms with E-state index in [0.29, 0.717) is 12.6 Å². The van der Waals surface area contributed by atoms with Crippen LogP contribution in [0.25, 0.3) is 0 Å². The highest BCUT2D eigenvalue weighted by Crippen LogP contribution is 2.22. The van der Waals surface area contributed by atoms with E-state index in [1.54, 1.807) is 7.11 Å². The Labute approximate surface area is 115 Å². The molecule has 1 unspecified atom stereocenters. The summed E-state index contributed by atoms with van der Waals surface area (Å²) in [6.07, 6.45) is 1.12. The number of benzene rings is 1. The highest BCUT2D eigenvalue weighted by Gasteiger charge is 2.21. The first-order chi connectivity index (χ1) is 9.28. The smallest absolute Gasteiger partial charge is 0.123 e. The summed E-state index contributed by atoms with van der Waals surface area (Å²) < 4.78 is 10.9. The van der Waals surface area contributed by atoms with Crippen molar-refractivity contribution in [2.75, 3.05) is 26.9 Å². The molecule has 1 aliphatic rings. The van der Waals surface area contributed by atoms with E-state index in [1.807, 2.05) is 0 Å². The number of morpholine rings is 1. The van der Waals surface area contributed by atoms with Crippen molar-refractivity contribution in [1.29, 1.82) is 0 Å². The molecule has 0 bridgehead atoms. The number of nitrogens with two attached hydrogens (primary N) is 1. The van der Waals surface area contributed by atoms with Gasteiger partial charge in [-0.3, -0.25) is 4.90 Å². The van der Waals surface area contributed by atoms with Crippen LogP contribution in [-0.4, -0.2) is 37.8 Å². The van der Waals surface area contributed by atoms with Crippen molar-refractivity contribution in [1.82, 2.24) is 4.90 Å². The summed E-state index contributed by atoms with van der Waals surface area (Å²) >= 11 is 0. The van der Waals surface area contributed by atoms with E-state index in [2.05, 4.69) is 30.0 Å². The second-order valence-electron chi connectivity index (χ2n) is 4.96. The van der Waals surface area contributed by atoms with E-state index >= 15 is 0 Å². The lowest BCUT2D eigenvalue weighted by Gasteiger charge is -2.35. The molecule has 1 atom stereocenters. The standard InChI is InChI=1S/C15H24N2O2/c1-3-14-11-19-7-6-17(14)10-12-4-5-13(9-16)15(8-12)18-2/h4-5,8,14H,3,6-7,9-11,16H2,1-2H3. The summed E-state index contributed by atoms with van der Waals surface area (Å²) in [5.41, 5.74) is 8.03. The molecule has 4 nitrogen and oxygen atoms in total. The Kier molecular flexibility index (Phi) is 5.19. The zero-order valence-corrected chi connectivity index (χ0v) is 11.9. The van der Waals surface area contributed by atoms with Crippen LogP contribution in [0.3, 0.4) is 0 Å². The predicted molar refractivity (Wildman–Crippen MR) is 76.2 cm³/mol. The van der Waals surface area contributed by atoms with Gasteiger partial charge in [-0.05, 0) is 18.1 Å². The van der Waals surface area contributed by atoms with Gasteiger partial charge in [-0.15, -0.1) is 0 Å². The number of hydrogen-bond donors (Lipinski definition) is 1. The van der Waals surface area contributed by atoms with Crippen molar-refractivity contribution in [2.45, 2.75) is 32.5 Å². The van der Waals surface area contributed by atoms with Crippen LogP contribution in [0, 0.1) is 0 Å². The predicted octanol–water partition coefficient (Wildman–Crippen LogP) is 1.76. The first kappa shape index (κ1) is 14.3. The number of ether oxygens (including phenoxy) is 2. The third-order valence-corrected chi connectivity index (χ3v) is 3.78. The van der Waals surface area contributed by atoms with Crippen LogP contribution in [0.2, 0.25) is 0 Å². The molecule has 1 aromatic carbocycles. The highest BCUT2D eigenvalue weighted by molar-refractivity contribution is 5.37. The average Bonchev–Trinajstić information content (AvgIpc) is 2.47. The largest absolute Gasteiger partial charge is 0.496 e. The monoisotopic (exact) mass is 264 g/mol. The summed E-state index contributed by atoms with van der Waals surface area (Å²) in [6.45, 7) is 6.34. The third kappa shape index (κ3) is 3.47. The van der Waals surface area contributed by atoms with Gasteiger partial charge in [0, 0.05) is 31.2 Å². The van der Waals surface area contributed by atoms with Gasteiger partial charge >= 0.3 is 0 Å². The fraction of sp³-hybridized carbons (Fsp3) is 0.600. The Morgan fingerprint density at radius 3 is 3.00 bits per heavy atom. The molecule has 1 aromatic rings. The van der Waals surface area contributed by atoms with Gasteiger partial charge in [0.2, 0.25) is 0 Å². The van der Waals surface area contributed by atoms with Crippen LogP contribution in [0.5, 0.6) is 5.75 Å². The number of rotatable bonds is 5. The fourth-order valence-electron chi connectivity index (χ4n) is 2.56. The van der Waals surface area contributed by atoms with Crippen molar-refractivity contribution in [3.05, 3.63) is 29.3 Å². The molecule has 1 fully saturated rings. The molecule has 19 heavy (non-hydrogen) atoms. The van der Waals surface area contributed by atoms with E-state index in [9.17, 15) is 0 Å². The summed E-state index contributed by atoms with van der Waals surface area (Å²) in [5, 5.41) is 0. The van der Waals surface area contributed by atoms with E-state index in [-0.39, 0.29) is 0 Å². The molecule has 1 aliphatic heterocycles. The van der Waals surface area contributed by atoms with E-state index in [1.165, 1.54) is 5.56 Å². The highest BCUT2D eigenvalue weighted by atomic mass is 16.5. The molecule has 0 aliphatic carbocycles. The minimum atomic E-state index is 0.512. The topological polar surface area (TPSA) is 47.7 Å². The van der Waals surface area contributed by atoms with Gasteiger partial charge in [-0.2, -0.15) is 0 Å². The Hall–Kier alpha value is -1.10. The molecule has 1 heterocycles. The Balaban J connectivity index is 2.09. The molecule has 0 radical (unpaired) electrons. The Morgan fingerprint density at radius 2 is 2.32 bits per heavy atom. The Morgan fingerprint density at radius 1 is 1.47 bits per heavy atom. The second-order valence-corrected chi connectivity index (χ2v) is 4.96. The molecule has 106 valence electrons. The molecule has 2 N–H and O–H groups in total. The Bertz CT molecular complexity index is 409. The van der Waals surface area contributed by atoms with Gasteiger partial charge in [0.05, 0.1) is 20.3 Å². The molecular weight excluding hydrogens is 240 g/mol. The van der Waals surface area contributed by atoms with Crippen LogP contribution >= 0.6 is 0 Å². The number of hydrogen-bond acceptors (Lipinski definition) is 4. The summed E-state index contributed by atoms with van der Waals surface area (Å²) in [5.74, 6) is 0.890. The van der Waals surface area contributed by atoms with Crippen molar-refractivity contribution in [3.8, 4) is 5.75 Å². The maximum absolute atomic E-state index is 5.70. The van der Waals surface area contributed by atoms with E-state index in [0.717, 1.165) is 44.0 Å². The van der Waals surface area contributed by atoms with E-state index in [4.69, 9.17) is 15.2 Å². The molecule has 0 amide bonds. The number of methoxy groups -OCH3 is 1. The van der Waals surface area contributed by atoms with Crippen LogP contribution in [0.4, 0.5) is 0 Å². The first-order valence-corrected chi connectivity index (χ1v) is 6.96. The third-order valence-electron chi connectivity index (χ3n) is 3.78. The molecule has 0 saturated carbocycles. The van der Waals surface area contributed by atoms with Gasteiger partial charge < -0.3 is 15.2 Å². The van der Waals surface area contributed by atoms with Gasteiger partial charge in [-0.25, -0.2) is 0 Å². The van der Waals surface area contributed by atoms with Crippen LogP contribution < -0.4 is 10.5 Å². The molecule has 0 spiro atoms. The van der Waals surface area contributed by atoms with Gasteiger partial charge in [0.15, 0.2) is 0 Å². The minimum absolute atomic E-state index is 0.512. The van der Waals surface area contributed by atoms with Crippen molar-refractivity contribution in [2.24, 2.45) is 5.73 Å². The van der Waals surface area contributed by atoms with Crippen LogP contribution in [-0.2, 0) is 17.8 Å². The SMILES string of the molecule is CCC1COCCN1Cc1ccc(CN)c(OC)c1. The van der Waals surface area contributed by atoms with Gasteiger partial charge in [0.25, 0.3) is 0 Å². The van der Waals surface area contributed by atoms with Crippen LogP contribution in [0.1, 0.15) is 24.5 Å². The lowest BCUT2D eigenvalue weighted by atomic mass is 10.1. The molecule has 1 saturated heterocycles. The minimum Gasteiger partial charge on any atom is -0.496 e. The summed E-state index contributed by atoms with van der Waals surface area (Å²) in [4.78, 5) is 2.49. The molecule has 2 rings (SSSR count). The summed E-state index contributed by atoms with van der Waals surface area (Å²) in [7, 11) is 1.70. The first-order valence-electron chi connectivity index (χ1n) is 6.96. The maximum atomic E-state index is 5.70. The lowest BCUT2D eigenvalue weighted by Crippen LogP contribution is -2.44. The van der Waals surface area contributed by atoms with Crippen molar-refractivity contribution < 1.29 is 9.47 Å². The zero-order chi connectivity index (χ0) is 13.7. The zero-order valence-electron chi connectivity index (χ0n) is 11.9. The quantitative estimate of drug-likeness (QED) is 0.880. The lowest BCUT2D eigenvalue weighted by molar-refractivity contribution is -0.0127. The van der Waals surface area contributed by atoms with Gasteiger partial charge in [0.1, 0.15) is 5.75 Å². The van der Waals surface area contributed by atoms with Crippen LogP contribution in [0.15, 0.2) is 18.2 Å². The number of nitrogens with zero attached hydrogens (tertiary/aromatic N) is 1. The molecule has 0 aromatic heterocycles. The maximum Gasteiger partial charge on any atom is 0.123 e. The van der Waals surface area contributed by atoms with Crippen molar-refractivity contribution >= 4 is 0 Å². The van der Waals surface area contributed by atoms with Gasteiger partial charge in [-0.1, -0.05) is 19.1 Å². The molecule has 4 heteroatoms. The average molecular weight is 264 g/mol. The second kappa shape index (κ2) is 6.89. The molecular formula is C15H24N2O2. The summed E-state index contributed by atoms with van der Waals surface area (Å²) in [6, 6.07) is 6.83.